The smallest absolute Gasteiger partial charge is 0.220 e. The highest BCUT2D eigenvalue weighted by Gasteiger charge is 2.06. The van der Waals surface area contributed by atoms with Crippen LogP contribution in [0.3, 0.4) is 0 Å². The molecule has 3 rings (SSSR count). The van der Waals surface area contributed by atoms with Crippen molar-refractivity contribution in [2.45, 2.75) is 26.3 Å². The van der Waals surface area contributed by atoms with Crippen LogP contribution in [0.2, 0.25) is 0 Å². The normalized spacial score (nSPS) is 10.7. The van der Waals surface area contributed by atoms with Crippen molar-refractivity contribution in [1.82, 2.24) is 15.6 Å². The van der Waals surface area contributed by atoms with Crippen LogP contribution >= 0.6 is 11.3 Å². The number of nitrogens with zero attached hydrogens (tertiary/aromatic N) is 1. The number of nitrogens with one attached hydrogen (secondary N) is 2. The molecular formula is C20H21N3O2S. The van der Waals surface area contributed by atoms with E-state index in [1.165, 1.54) is 11.6 Å². The molecule has 134 valence electrons. The van der Waals surface area contributed by atoms with Gasteiger partial charge in [0.15, 0.2) is 0 Å². The number of carbonyl (C=O) groups is 2. The summed E-state index contributed by atoms with van der Waals surface area (Å²) >= 11 is 1.68. The Bertz CT molecular complexity index is 870. The van der Waals surface area contributed by atoms with Crippen molar-refractivity contribution in [2.75, 3.05) is 6.54 Å². The van der Waals surface area contributed by atoms with Crippen molar-refractivity contribution in [1.29, 1.82) is 0 Å². The van der Waals surface area contributed by atoms with E-state index >= 15 is 0 Å². The Labute approximate surface area is 156 Å². The summed E-state index contributed by atoms with van der Waals surface area (Å²) in [4.78, 5) is 27.2. The molecule has 3 aromatic rings. The first-order chi connectivity index (χ1) is 12.6. The van der Waals surface area contributed by atoms with E-state index in [-0.39, 0.29) is 11.8 Å². The van der Waals surface area contributed by atoms with E-state index in [1.54, 1.807) is 11.3 Å². The van der Waals surface area contributed by atoms with Crippen molar-refractivity contribution in [3.8, 4) is 10.6 Å². The Kier molecular flexibility index (Phi) is 5.96. The molecule has 2 N–H and O–H groups in total. The molecule has 0 spiro atoms. The summed E-state index contributed by atoms with van der Waals surface area (Å²) in [6.45, 7) is 2.50. The molecule has 0 fully saturated rings. The molecule has 2 amide bonds. The van der Waals surface area contributed by atoms with Crippen LogP contribution in [-0.2, 0) is 16.1 Å². The van der Waals surface area contributed by atoms with Gasteiger partial charge in [0.1, 0.15) is 5.01 Å². The Morgan fingerprint density at radius 1 is 1.04 bits per heavy atom. The average Bonchev–Trinajstić information content (AvgIpc) is 3.08. The van der Waals surface area contributed by atoms with Crippen molar-refractivity contribution < 1.29 is 9.59 Å². The molecule has 0 saturated carbocycles. The van der Waals surface area contributed by atoms with E-state index in [4.69, 9.17) is 0 Å². The zero-order valence-corrected chi connectivity index (χ0v) is 15.4. The summed E-state index contributed by atoms with van der Waals surface area (Å²) in [5.41, 5.74) is 3.14. The predicted octanol–water partition coefficient (Wildman–Crippen LogP) is 3.50. The second-order valence-electron chi connectivity index (χ2n) is 6.05. The van der Waals surface area contributed by atoms with Gasteiger partial charge >= 0.3 is 0 Å². The lowest BCUT2D eigenvalue weighted by molar-refractivity contribution is -0.122. The Morgan fingerprint density at radius 2 is 1.81 bits per heavy atom. The van der Waals surface area contributed by atoms with Crippen LogP contribution < -0.4 is 10.6 Å². The van der Waals surface area contributed by atoms with Crippen LogP contribution in [0.25, 0.3) is 20.8 Å². The molecular weight excluding hydrogens is 346 g/mol. The molecule has 1 aromatic heterocycles. The maximum atomic E-state index is 11.8. The number of amides is 2. The molecule has 6 heteroatoms. The van der Waals surface area contributed by atoms with Gasteiger partial charge in [0, 0.05) is 32.0 Å². The lowest BCUT2D eigenvalue weighted by Crippen LogP contribution is -2.25. The van der Waals surface area contributed by atoms with Gasteiger partial charge < -0.3 is 10.6 Å². The molecule has 26 heavy (non-hydrogen) atoms. The standard InChI is InChI=1S/C20H21N3O2S/c1-14(24)21-12-4-7-19(25)22-13-15-8-10-16(11-9-15)20-23-17-5-2-3-6-18(17)26-20/h2-3,5-6,8-11H,4,7,12-13H2,1H3,(H,21,24)(H,22,25). The van der Waals surface area contributed by atoms with Gasteiger partial charge in [-0.3, -0.25) is 9.59 Å². The Morgan fingerprint density at radius 3 is 2.54 bits per heavy atom. The van der Waals surface area contributed by atoms with Crippen LogP contribution in [0.1, 0.15) is 25.3 Å². The van der Waals surface area contributed by atoms with Crippen molar-refractivity contribution in [3.63, 3.8) is 0 Å². The number of benzene rings is 2. The second-order valence-corrected chi connectivity index (χ2v) is 7.08. The van der Waals surface area contributed by atoms with Gasteiger partial charge in [-0.2, -0.15) is 0 Å². The van der Waals surface area contributed by atoms with Gasteiger partial charge in [-0.15, -0.1) is 11.3 Å². The minimum absolute atomic E-state index is 0.00870. The Hall–Kier alpha value is -2.73. The highest BCUT2D eigenvalue weighted by atomic mass is 32.1. The molecule has 0 saturated heterocycles. The number of aromatic nitrogens is 1. The van der Waals surface area contributed by atoms with Crippen LogP contribution in [0, 0.1) is 0 Å². The van der Waals surface area contributed by atoms with Gasteiger partial charge in [0.05, 0.1) is 10.2 Å². The number of hydrogen-bond acceptors (Lipinski definition) is 4. The van der Waals surface area contributed by atoms with Crippen LogP contribution in [0.5, 0.6) is 0 Å². The minimum atomic E-state index is -0.0707. The average molecular weight is 367 g/mol. The third kappa shape index (κ3) is 4.89. The van der Waals surface area contributed by atoms with Crippen molar-refractivity contribution in [3.05, 3.63) is 54.1 Å². The van der Waals surface area contributed by atoms with E-state index in [0.29, 0.717) is 25.9 Å². The quantitative estimate of drug-likeness (QED) is 0.628. The van der Waals surface area contributed by atoms with Crippen LogP contribution in [0.4, 0.5) is 0 Å². The lowest BCUT2D eigenvalue weighted by atomic mass is 10.1. The first kappa shape index (κ1) is 18.1. The first-order valence-corrected chi connectivity index (χ1v) is 9.39. The molecule has 0 radical (unpaired) electrons. The third-order valence-electron chi connectivity index (χ3n) is 3.94. The molecule has 0 aliphatic rings. The fourth-order valence-electron chi connectivity index (χ4n) is 2.56. The van der Waals surface area contributed by atoms with Gasteiger partial charge in [-0.05, 0) is 24.1 Å². The summed E-state index contributed by atoms with van der Waals surface area (Å²) in [6.07, 6.45) is 1.05. The molecule has 0 bridgehead atoms. The zero-order chi connectivity index (χ0) is 18.4. The molecule has 5 nitrogen and oxygen atoms in total. The maximum absolute atomic E-state index is 11.8. The fraction of sp³-hybridized carbons (Fsp3) is 0.250. The monoisotopic (exact) mass is 367 g/mol. The maximum Gasteiger partial charge on any atom is 0.220 e. The highest BCUT2D eigenvalue weighted by Crippen LogP contribution is 2.29. The van der Waals surface area contributed by atoms with Gasteiger partial charge in [0.2, 0.25) is 11.8 Å². The van der Waals surface area contributed by atoms with Gasteiger partial charge in [-0.1, -0.05) is 36.4 Å². The second kappa shape index (κ2) is 8.58. The number of rotatable bonds is 7. The number of para-hydroxylation sites is 1. The number of thiazole rings is 1. The van der Waals surface area contributed by atoms with Crippen LogP contribution in [0.15, 0.2) is 48.5 Å². The Balaban J connectivity index is 1.51. The summed E-state index contributed by atoms with van der Waals surface area (Å²) in [7, 11) is 0. The largest absolute Gasteiger partial charge is 0.356 e. The predicted molar refractivity (Wildman–Crippen MR) is 105 cm³/mol. The molecule has 0 aliphatic carbocycles. The molecule has 1 heterocycles. The number of hydrogen-bond donors (Lipinski definition) is 2. The van der Waals surface area contributed by atoms with Gasteiger partial charge in [-0.25, -0.2) is 4.98 Å². The van der Waals surface area contributed by atoms with E-state index in [1.807, 2.05) is 42.5 Å². The highest BCUT2D eigenvalue weighted by molar-refractivity contribution is 7.21. The van der Waals surface area contributed by atoms with E-state index in [0.717, 1.165) is 21.7 Å². The van der Waals surface area contributed by atoms with E-state index in [9.17, 15) is 9.59 Å². The molecule has 2 aromatic carbocycles. The van der Waals surface area contributed by atoms with Crippen molar-refractivity contribution in [2.24, 2.45) is 0 Å². The first-order valence-electron chi connectivity index (χ1n) is 8.58. The topological polar surface area (TPSA) is 71.1 Å². The molecule has 0 aliphatic heterocycles. The van der Waals surface area contributed by atoms with Crippen LogP contribution in [-0.4, -0.2) is 23.3 Å². The summed E-state index contributed by atoms with van der Waals surface area (Å²) in [6, 6.07) is 16.2. The van der Waals surface area contributed by atoms with Gasteiger partial charge in [0.25, 0.3) is 0 Å². The summed E-state index contributed by atoms with van der Waals surface area (Å²) in [5, 5.41) is 6.59. The fourth-order valence-corrected chi connectivity index (χ4v) is 3.53. The summed E-state index contributed by atoms with van der Waals surface area (Å²) < 4.78 is 1.18. The lowest BCUT2D eigenvalue weighted by Gasteiger charge is -2.06. The zero-order valence-electron chi connectivity index (χ0n) is 14.6. The number of fused-ring (bicyclic) bond motifs is 1. The minimum Gasteiger partial charge on any atom is -0.356 e. The van der Waals surface area contributed by atoms with E-state index < -0.39 is 0 Å². The number of carbonyl (C=O) groups excluding carboxylic acids is 2. The third-order valence-corrected chi connectivity index (χ3v) is 5.02. The van der Waals surface area contributed by atoms with Crippen molar-refractivity contribution >= 4 is 33.4 Å². The SMILES string of the molecule is CC(=O)NCCCC(=O)NCc1ccc(-c2nc3ccccc3s2)cc1. The molecule has 0 atom stereocenters. The van der Waals surface area contributed by atoms with E-state index in [2.05, 4.69) is 21.7 Å². The summed E-state index contributed by atoms with van der Waals surface area (Å²) in [5.74, 6) is -0.0794. The molecule has 0 unspecified atom stereocenters.